The van der Waals surface area contributed by atoms with Crippen LogP contribution in [0.5, 0.6) is 0 Å². The minimum absolute atomic E-state index is 0.336. The van der Waals surface area contributed by atoms with E-state index in [1.165, 1.54) is 64.2 Å². The normalized spacial score (nSPS) is 32.5. The molecule has 0 radical (unpaired) electrons. The second kappa shape index (κ2) is 17.9. The maximum atomic E-state index is 6.20. The number of hydrogen-bond acceptors (Lipinski definition) is 7. The highest BCUT2D eigenvalue weighted by Gasteiger charge is 2.39. The monoisotopic (exact) mass is 636 g/mol. The Balaban J connectivity index is 0.000000223. The van der Waals surface area contributed by atoms with Crippen molar-refractivity contribution in [1.82, 2.24) is 0 Å². The highest BCUT2D eigenvalue weighted by atomic mass is 16.5. The van der Waals surface area contributed by atoms with Gasteiger partial charge in [-0.2, -0.15) is 0 Å². The van der Waals surface area contributed by atoms with Crippen molar-refractivity contribution in [3.63, 3.8) is 0 Å². The van der Waals surface area contributed by atoms with Gasteiger partial charge < -0.3 is 33.2 Å². The summed E-state index contributed by atoms with van der Waals surface area (Å²) in [6, 6.07) is 0. The zero-order valence-corrected chi connectivity index (χ0v) is 29.4. The Morgan fingerprint density at radius 2 is 0.911 bits per heavy atom. The topological polar surface area (TPSA) is 64.6 Å². The third-order valence-corrected chi connectivity index (χ3v) is 12.6. The third kappa shape index (κ3) is 9.89. The van der Waals surface area contributed by atoms with Gasteiger partial charge in [0.1, 0.15) is 0 Å². The molecule has 6 fully saturated rings. The van der Waals surface area contributed by atoms with Crippen molar-refractivity contribution in [2.24, 2.45) is 46.3 Å². The van der Waals surface area contributed by atoms with Crippen LogP contribution in [0.1, 0.15) is 105 Å². The molecule has 2 atom stereocenters. The van der Waals surface area contributed by atoms with Crippen LogP contribution in [0.2, 0.25) is 0 Å². The van der Waals surface area contributed by atoms with Gasteiger partial charge >= 0.3 is 0 Å². The van der Waals surface area contributed by atoms with E-state index >= 15 is 0 Å². The van der Waals surface area contributed by atoms with Crippen molar-refractivity contribution in [1.29, 1.82) is 0 Å². The molecule has 0 aromatic carbocycles. The fourth-order valence-corrected chi connectivity index (χ4v) is 8.34. The highest BCUT2D eigenvalue weighted by molar-refractivity contribution is 4.87. The lowest BCUT2D eigenvalue weighted by molar-refractivity contribution is -0.176. The minimum atomic E-state index is 0.336. The fourth-order valence-electron chi connectivity index (χ4n) is 8.34. The maximum Gasteiger partial charge on any atom is 0.0648 e. The predicted molar refractivity (Wildman–Crippen MR) is 177 cm³/mol. The highest BCUT2D eigenvalue weighted by Crippen LogP contribution is 2.42. The van der Waals surface area contributed by atoms with Crippen molar-refractivity contribution in [3.05, 3.63) is 0 Å². The lowest BCUT2D eigenvalue weighted by Crippen LogP contribution is -2.46. The van der Waals surface area contributed by atoms with E-state index in [4.69, 9.17) is 33.2 Å². The summed E-state index contributed by atoms with van der Waals surface area (Å²) in [5.74, 6) is 4.79. The smallest absolute Gasteiger partial charge is 0.0648 e. The van der Waals surface area contributed by atoms with E-state index in [9.17, 15) is 0 Å². The zero-order valence-electron chi connectivity index (χ0n) is 29.4. The van der Waals surface area contributed by atoms with Gasteiger partial charge in [0, 0.05) is 35.9 Å². The summed E-state index contributed by atoms with van der Waals surface area (Å²) in [7, 11) is 0. The van der Waals surface area contributed by atoms with Crippen LogP contribution < -0.4 is 0 Å². The lowest BCUT2D eigenvalue weighted by atomic mass is 9.69. The summed E-state index contributed by atoms with van der Waals surface area (Å²) in [6.07, 6.45) is 16.6. The van der Waals surface area contributed by atoms with Crippen LogP contribution in [0.15, 0.2) is 0 Å². The molecule has 2 unspecified atom stereocenters. The van der Waals surface area contributed by atoms with Gasteiger partial charge in [-0.1, -0.05) is 27.7 Å². The Bertz CT molecular complexity index is 728. The first-order valence-corrected chi connectivity index (χ1v) is 19.1. The van der Waals surface area contributed by atoms with Crippen molar-refractivity contribution < 1.29 is 33.2 Å². The Morgan fingerprint density at radius 1 is 0.533 bits per heavy atom. The molecule has 4 saturated heterocycles. The Labute approximate surface area is 275 Å². The van der Waals surface area contributed by atoms with E-state index in [1.54, 1.807) is 0 Å². The molecule has 7 heteroatoms. The molecule has 0 spiro atoms. The van der Waals surface area contributed by atoms with E-state index in [2.05, 4.69) is 27.7 Å². The third-order valence-electron chi connectivity index (χ3n) is 12.6. The van der Waals surface area contributed by atoms with E-state index in [-0.39, 0.29) is 0 Å². The van der Waals surface area contributed by atoms with Gasteiger partial charge in [-0.15, -0.1) is 0 Å². The molecule has 45 heavy (non-hydrogen) atoms. The molecule has 0 bridgehead atoms. The van der Waals surface area contributed by atoms with Crippen LogP contribution in [-0.2, 0) is 33.2 Å². The summed E-state index contributed by atoms with van der Waals surface area (Å²) in [6.45, 7) is 19.8. The Kier molecular flexibility index (Phi) is 14.3. The molecule has 2 saturated carbocycles. The molecule has 6 aliphatic rings. The first-order valence-electron chi connectivity index (χ1n) is 19.1. The van der Waals surface area contributed by atoms with Crippen LogP contribution in [0.25, 0.3) is 0 Å². The summed E-state index contributed by atoms with van der Waals surface area (Å²) in [5, 5.41) is 0. The molecule has 0 amide bonds. The minimum Gasteiger partial charge on any atom is -0.380 e. The van der Waals surface area contributed by atoms with E-state index in [0.29, 0.717) is 34.9 Å². The van der Waals surface area contributed by atoms with Gasteiger partial charge in [0.2, 0.25) is 0 Å². The molecule has 0 aromatic rings. The zero-order chi connectivity index (χ0) is 31.5. The van der Waals surface area contributed by atoms with Crippen molar-refractivity contribution in [2.75, 3.05) is 79.3 Å². The van der Waals surface area contributed by atoms with Crippen LogP contribution in [-0.4, -0.2) is 91.5 Å². The quantitative estimate of drug-likeness (QED) is 0.166. The molecular weight excluding hydrogens is 568 g/mol. The molecule has 2 aliphatic carbocycles. The van der Waals surface area contributed by atoms with Crippen LogP contribution >= 0.6 is 0 Å². The summed E-state index contributed by atoms with van der Waals surface area (Å²) in [5.41, 5.74) is 0.671. The number of ether oxygens (including phenoxy) is 7. The molecule has 4 aliphatic heterocycles. The van der Waals surface area contributed by atoms with Crippen molar-refractivity contribution in [2.45, 2.75) is 117 Å². The van der Waals surface area contributed by atoms with Gasteiger partial charge in [0.15, 0.2) is 0 Å². The maximum absolute atomic E-state index is 6.20. The van der Waals surface area contributed by atoms with Crippen LogP contribution in [0.3, 0.4) is 0 Å². The first kappa shape index (κ1) is 36.0. The van der Waals surface area contributed by atoms with Gasteiger partial charge in [0.25, 0.3) is 0 Å². The fraction of sp³-hybridized carbons (Fsp3) is 1.00. The summed E-state index contributed by atoms with van der Waals surface area (Å²) in [4.78, 5) is 0. The SMILES string of the molecule is CCC(OC(CC)C1COC1)C1COC1.CCC1(COCC2CCC(C3CCC(COCC4(CC)COC4)CC3)CC2)COC1. The van der Waals surface area contributed by atoms with Crippen LogP contribution in [0.4, 0.5) is 0 Å². The average Bonchev–Trinajstić information content (AvgIpc) is 2.98. The molecule has 4 heterocycles. The Hall–Kier alpha value is -0.280. The first-order chi connectivity index (χ1) is 22.0. The second-order valence-corrected chi connectivity index (χ2v) is 15.9. The van der Waals surface area contributed by atoms with E-state index < -0.39 is 0 Å². The summed E-state index contributed by atoms with van der Waals surface area (Å²) >= 11 is 0. The number of rotatable bonds is 17. The number of hydrogen-bond donors (Lipinski definition) is 0. The largest absolute Gasteiger partial charge is 0.380 e. The van der Waals surface area contributed by atoms with Gasteiger partial charge in [0.05, 0.1) is 78.3 Å². The lowest BCUT2D eigenvalue weighted by Gasteiger charge is -2.41. The molecule has 262 valence electrons. The van der Waals surface area contributed by atoms with E-state index in [1.807, 2.05) is 0 Å². The standard InChI is InChI=1S/C26H46O4.C12H22O3/c1-3-25(17-29-18-25)15-27-13-21-5-9-23(10-6-21)24-11-7-22(8-12-24)14-28-16-26(4-2)19-30-20-26;1-3-11(9-5-13-6-9)15-12(4-2)10-7-14-8-10/h21-24H,3-20H2,1-2H3;9-12H,3-8H2,1-2H3. The van der Waals surface area contributed by atoms with Gasteiger partial charge in [-0.25, -0.2) is 0 Å². The molecule has 7 nitrogen and oxygen atoms in total. The summed E-state index contributed by atoms with van der Waals surface area (Å²) < 4.78 is 39.8. The van der Waals surface area contributed by atoms with Gasteiger partial charge in [-0.3, -0.25) is 0 Å². The molecule has 0 aromatic heterocycles. The Morgan fingerprint density at radius 3 is 1.16 bits per heavy atom. The van der Waals surface area contributed by atoms with Crippen molar-refractivity contribution in [3.8, 4) is 0 Å². The van der Waals surface area contributed by atoms with Gasteiger partial charge in [-0.05, 0) is 101 Å². The molecule has 6 rings (SSSR count). The average molecular weight is 637 g/mol. The second-order valence-electron chi connectivity index (χ2n) is 15.9. The molecule has 0 N–H and O–H groups in total. The molecular formula is C38H68O7. The predicted octanol–water partition coefficient (Wildman–Crippen LogP) is 7.34. The van der Waals surface area contributed by atoms with Crippen LogP contribution in [0, 0.1) is 46.3 Å². The van der Waals surface area contributed by atoms with Crippen molar-refractivity contribution >= 4 is 0 Å². The van der Waals surface area contributed by atoms with E-state index in [0.717, 1.165) is 116 Å².